The average molecular weight is 415 g/mol. The van der Waals surface area contributed by atoms with Crippen LogP contribution in [0.5, 0.6) is 0 Å². The third-order valence-corrected chi connectivity index (χ3v) is 5.14. The summed E-state index contributed by atoms with van der Waals surface area (Å²) in [4.78, 5) is 25.3. The highest BCUT2D eigenvalue weighted by Crippen LogP contribution is 2.34. The molecule has 1 aliphatic heterocycles. The fraction of sp³-hybridized carbons (Fsp3) is 0.286. The van der Waals surface area contributed by atoms with Gasteiger partial charge in [-0.05, 0) is 44.2 Å². The molecule has 0 bridgehead atoms. The predicted octanol–water partition coefficient (Wildman–Crippen LogP) is 3.84. The number of benzene rings is 1. The normalized spacial score (nSPS) is 14.6. The lowest BCUT2D eigenvalue weighted by molar-refractivity contribution is -0.137. The highest BCUT2D eigenvalue weighted by atomic mass is 19.4. The van der Waals surface area contributed by atoms with Crippen LogP contribution in [0.1, 0.15) is 22.5 Å². The number of halogens is 3. The van der Waals surface area contributed by atoms with E-state index in [-0.39, 0.29) is 18.9 Å². The summed E-state index contributed by atoms with van der Waals surface area (Å²) in [7, 11) is 0. The molecule has 0 N–H and O–H groups in total. The van der Waals surface area contributed by atoms with Gasteiger partial charge in [0.1, 0.15) is 0 Å². The van der Waals surface area contributed by atoms with Crippen LogP contribution >= 0.6 is 0 Å². The molecule has 30 heavy (non-hydrogen) atoms. The number of anilines is 2. The highest BCUT2D eigenvalue weighted by molar-refractivity contribution is 5.59. The molecule has 0 amide bonds. The van der Waals surface area contributed by atoms with Gasteiger partial charge in [-0.1, -0.05) is 12.1 Å². The molecule has 0 spiro atoms. The molecule has 6 nitrogen and oxygen atoms in total. The minimum atomic E-state index is -4.46. The molecule has 0 atom stereocenters. The fourth-order valence-corrected chi connectivity index (χ4v) is 3.45. The lowest BCUT2D eigenvalue weighted by atomic mass is 10.2. The lowest BCUT2D eigenvalue weighted by Gasteiger charge is -2.38. The van der Waals surface area contributed by atoms with Gasteiger partial charge in [0, 0.05) is 29.7 Å². The first-order valence-corrected chi connectivity index (χ1v) is 9.39. The third-order valence-electron chi connectivity index (χ3n) is 5.14. The van der Waals surface area contributed by atoms with Gasteiger partial charge in [0.15, 0.2) is 0 Å². The van der Waals surface area contributed by atoms with Crippen molar-refractivity contribution < 1.29 is 13.2 Å². The molecule has 1 aromatic carbocycles. The Hall–Kier alpha value is -3.20. The minimum Gasteiger partial charge on any atom is -0.298 e. The predicted molar refractivity (Wildman–Crippen MR) is 106 cm³/mol. The standard InChI is InChI=1S/C21H20F3N5O/c1-14-15(2)26-20-28(18-8-5-6-16(10-18)21(22,23)24)12-27(13-29(20)19(14)30)11-17-7-3-4-9-25-17/h3-10H,11-13H2,1-2H3. The summed E-state index contributed by atoms with van der Waals surface area (Å²) in [5, 5.41) is 0. The Morgan fingerprint density at radius 1 is 1.07 bits per heavy atom. The van der Waals surface area contributed by atoms with E-state index in [1.807, 2.05) is 23.1 Å². The quantitative estimate of drug-likeness (QED) is 0.651. The number of fused-ring (bicyclic) bond motifs is 1. The van der Waals surface area contributed by atoms with Gasteiger partial charge in [-0.3, -0.25) is 24.1 Å². The number of hydrogen-bond acceptors (Lipinski definition) is 5. The van der Waals surface area contributed by atoms with Crippen molar-refractivity contribution >= 4 is 11.6 Å². The van der Waals surface area contributed by atoms with Gasteiger partial charge in [0.05, 0.1) is 24.6 Å². The van der Waals surface area contributed by atoms with E-state index in [1.54, 1.807) is 31.0 Å². The summed E-state index contributed by atoms with van der Waals surface area (Å²) >= 11 is 0. The summed E-state index contributed by atoms with van der Waals surface area (Å²) in [5.74, 6) is 0.333. The van der Waals surface area contributed by atoms with Crippen LogP contribution in [0, 0.1) is 13.8 Å². The second kappa shape index (κ2) is 7.56. The van der Waals surface area contributed by atoms with Crippen molar-refractivity contribution in [1.29, 1.82) is 0 Å². The molecule has 2 aromatic heterocycles. The summed E-state index contributed by atoms with van der Waals surface area (Å²) in [6.07, 6.45) is -2.78. The number of nitrogens with zero attached hydrogens (tertiary/aromatic N) is 5. The van der Waals surface area contributed by atoms with E-state index in [9.17, 15) is 18.0 Å². The lowest BCUT2D eigenvalue weighted by Crippen LogP contribution is -2.47. The minimum absolute atomic E-state index is 0.208. The van der Waals surface area contributed by atoms with Crippen molar-refractivity contribution in [3.8, 4) is 0 Å². The number of alkyl halides is 3. The number of pyridine rings is 1. The molecule has 3 aromatic rings. The second-order valence-corrected chi connectivity index (χ2v) is 7.26. The van der Waals surface area contributed by atoms with Gasteiger partial charge in [0.2, 0.25) is 5.95 Å². The molecule has 3 heterocycles. The van der Waals surface area contributed by atoms with Crippen LogP contribution in [0.4, 0.5) is 24.8 Å². The molecule has 9 heteroatoms. The number of aromatic nitrogens is 3. The smallest absolute Gasteiger partial charge is 0.298 e. The molecule has 0 saturated heterocycles. The van der Waals surface area contributed by atoms with E-state index in [0.29, 0.717) is 29.4 Å². The van der Waals surface area contributed by atoms with Crippen molar-refractivity contribution in [2.75, 3.05) is 11.6 Å². The van der Waals surface area contributed by atoms with Gasteiger partial charge in [0.25, 0.3) is 5.56 Å². The SMILES string of the molecule is Cc1nc2n(c(=O)c1C)CN(Cc1ccccn1)CN2c1cccc(C(F)(F)F)c1. The van der Waals surface area contributed by atoms with E-state index in [0.717, 1.165) is 17.8 Å². The van der Waals surface area contributed by atoms with Gasteiger partial charge in [-0.25, -0.2) is 4.98 Å². The van der Waals surface area contributed by atoms with E-state index in [1.165, 1.54) is 10.6 Å². The van der Waals surface area contributed by atoms with Gasteiger partial charge in [-0.2, -0.15) is 13.2 Å². The Labute approximate surface area is 171 Å². The maximum Gasteiger partial charge on any atom is 0.416 e. The third kappa shape index (κ3) is 3.80. The Kier molecular flexibility index (Phi) is 5.07. The Morgan fingerprint density at radius 3 is 2.57 bits per heavy atom. The summed E-state index contributed by atoms with van der Waals surface area (Å²) in [6.45, 7) is 4.41. The molecular weight excluding hydrogens is 395 g/mol. The van der Waals surface area contributed by atoms with Crippen LogP contribution in [0.25, 0.3) is 0 Å². The maximum absolute atomic E-state index is 13.3. The first-order chi connectivity index (χ1) is 14.2. The number of aryl methyl sites for hydroxylation is 1. The van der Waals surface area contributed by atoms with Crippen LogP contribution < -0.4 is 10.5 Å². The second-order valence-electron chi connectivity index (χ2n) is 7.26. The molecule has 0 unspecified atom stereocenters. The molecule has 0 aliphatic carbocycles. The zero-order valence-electron chi connectivity index (χ0n) is 16.5. The van der Waals surface area contributed by atoms with Gasteiger partial charge in [-0.15, -0.1) is 0 Å². The maximum atomic E-state index is 13.3. The Bertz CT molecular complexity index is 1130. The average Bonchev–Trinajstić information content (AvgIpc) is 2.72. The zero-order valence-corrected chi connectivity index (χ0v) is 16.5. The summed E-state index contributed by atoms with van der Waals surface area (Å²) in [6, 6.07) is 10.6. The zero-order chi connectivity index (χ0) is 21.5. The van der Waals surface area contributed by atoms with Crippen LogP contribution in [-0.2, 0) is 19.4 Å². The van der Waals surface area contributed by atoms with Crippen molar-refractivity contribution in [2.45, 2.75) is 33.2 Å². The molecule has 0 saturated carbocycles. The van der Waals surface area contributed by atoms with Crippen molar-refractivity contribution in [3.63, 3.8) is 0 Å². The Morgan fingerprint density at radius 2 is 1.87 bits per heavy atom. The Balaban J connectivity index is 1.80. The molecule has 0 radical (unpaired) electrons. The van der Waals surface area contributed by atoms with E-state index >= 15 is 0 Å². The van der Waals surface area contributed by atoms with Crippen molar-refractivity contribution in [1.82, 2.24) is 19.4 Å². The molecule has 0 fully saturated rings. The topological polar surface area (TPSA) is 54.3 Å². The van der Waals surface area contributed by atoms with Crippen LogP contribution in [0.3, 0.4) is 0 Å². The monoisotopic (exact) mass is 415 g/mol. The fourth-order valence-electron chi connectivity index (χ4n) is 3.45. The van der Waals surface area contributed by atoms with Crippen molar-refractivity contribution in [2.24, 2.45) is 0 Å². The van der Waals surface area contributed by atoms with E-state index < -0.39 is 11.7 Å². The first-order valence-electron chi connectivity index (χ1n) is 9.39. The van der Waals surface area contributed by atoms with E-state index in [2.05, 4.69) is 9.97 Å². The summed E-state index contributed by atoms with van der Waals surface area (Å²) in [5.41, 5.74) is 1.23. The molecule has 156 valence electrons. The number of rotatable bonds is 3. The molecule has 1 aliphatic rings. The largest absolute Gasteiger partial charge is 0.416 e. The van der Waals surface area contributed by atoms with Crippen molar-refractivity contribution in [3.05, 3.63) is 81.5 Å². The molecular formula is C21H20F3N5O. The van der Waals surface area contributed by atoms with Crippen LogP contribution in [0.2, 0.25) is 0 Å². The van der Waals surface area contributed by atoms with E-state index in [4.69, 9.17) is 0 Å². The van der Waals surface area contributed by atoms with Gasteiger partial charge >= 0.3 is 6.18 Å². The van der Waals surface area contributed by atoms with Crippen LogP contribution in [0.15, 0.2) is 53.5 Å². The van der Waals surface area contributed by atoms with Crippen LogP contribution in [-0.4, -0.2) is 26.1 Å². The summed E-state index contributed by atoms with van der Waals surface area (Å²) < 4.78 is 41.3. The van der Waals surface area contributed by atoms with Gasteiger partial charge < -0.3 is 0 Å². The number of hydrogen-bond donors (Lipinski definition) is 0. The highest BCUT2D eigenvalue weighted by Gasteiger charge is 2.32. The molecule has 4 rings (SSSR count). The first kappa shape index (κ1) is 20.1.